The van der Waals surface area contributed by atoms with Crippen molar-refractivity contribution in [3.8, 4) is 0 Å². The lowest BCUT2D eigenvalue weighted by atomic mass is 9.89. The van der Waals surface area contributed by atoms with Gasteiger partial charge < -0.3 is 10.4 Å². The summed E-state index contributed by atoms with van der Waals surface area (Å²) in [6.07, 6.45) is 0.989. The highest BCUT2D eigenvalue weighted by Gasteiger charge is 2.25. The number of hydrogen-bond donors (Lipinski definition) is 2. The molecule has 0 aromatic heterocycles. The molecule has 1 heterocycles. The molecular formula is C12H15F2NO. The molecule has 1 aromatic rings. The Balaban J connectivity index is 2.15. The van der Waals surface area contributed by atoms with Gasteiger partial charge >= 0.3 is 0 Å². The standard InChI is InChI=1S/C12H15F2NO/c13-9-3-4-10(11(14)6-9)12(16)8-2-1-5-15-7-8/h3-4,6,8,12,15-16H,1-2,5,7H2. The van der Waals surface area contributed by atoms with Crippen LogP contribution >= 0.6 is 0 Å². The Bertz CT molecular complexity index is 364. The predicted octanol–water partition coefficient (Wildman–Crippen LogP) is 2.00. The van der Waals surface area contributed by atoms with E-state index in [4.69, 9.17) is 0 Å². The molecule has 16 heavy (non-hydrogen) atoms. The van der Waals surface area contributed by atoms with Crippen molar-refractivity contribution in [1.29, 1.82) is 0 Å². The van der Waals surface area contributed by atoms with E-state index in [-0.39, 0.29) is 11.5 Å². The number of aliphatic hydroxyl groups is 1. The molecule has 0 saturated carbocycles. The van der Waals surface area contributed by atoms with Gasteiger partial charge in [0.05, 0.1) is 6.10 Å². The number of benzene rings is 1. The van der Waals surface area contributed by atoms with Gasteiger partial charge in [0.2, 0.25) is 0 Å². The van der Waals surface area contributed by atoms with E-state index in [1.807, 2.05) is 0 Å². The van der Waals surface area contributed by atoms with Crippen LogP contribution in [0.3, 0.4) is 0 Å². The van der Waals surface area contributed by atoms with E-state index < -0.39 is 17.7 Å². The minimum atomic E-state index is -0.853. The molecule has 2 N–H and O–H groups in total. The third-order valence-electron chi connectivity index (χ3n) is 3.06. The third-order valence-corrected chi connectivity index (χ3v) is 3.06. The van der Waals surface area contributed by atoms with Crippen molar-refractivity contribution in [2.75, 3.05) is 13.1 Å². The van der Waals surface area contributed by atoms with Crippen LogP contribution in [0.15, 0.2) is 18.2 Å². The van der Waals surface area contributed by atoms with Gasteiger partial charge in [-0.1, -0.05) is 6.07 Å². The Hall–Kier alpha value is -1.00. The van der Waals surface area contributed by atoms with Gasteiger partial charge in [0.25, 0.3) is 0 Å². The number of halogens is 2. The van der Waals surface area contributed by atoms with Crippen molar-refractivity contribution in [1.82, 2.24) is 5.32 Å². The fraction of sp³-hybridized carbons (Fsp3) is 0.500. The zero-order valence-electron chi connectivity index (χ0n) is 8.92. The van der Waals surface area contributed by atoms with Crippen LogP contribution in [-0.2, 0) is 0 Å². The Labute approximate surface area is 93.3 Å². The summed E-state index contributed by atoms with van der Waals surface area (Å²) in [7, 11) is 0. The van der Waals surface area contributed by atoms with E-state index in [2.05, 4.69) is 5.32 Å². The second kappa shape index (κ2) is 4.89. The van der Waals surface area contributed by atoms with Crippen LogP contribution < -0.4 is 5.32 Å². The largest absolute Gasteiger partial charge is 0.388 e. The normalized spacial score (nSPS) is 23.1. The SMILES string of the molecule is OC(c1ccc(F)cc1F)C1CCCNC1. The topological polar surface area (TPSA) is 32.3 Å². The molecule has 4 heteroatoms. The van der Waals surface area contributed by atoms with Crippen LogP contribution in [0, 0.1) is 17.6 Å². The number of aliphatic hydroxyl groups excluding tert-OH is 1. The quantitative estimate of drug-likeness (QED) is 0.810. The lowest BCUT2D eigenvalue weighted by Gasteiger charge is -2.27. The maximum Gasteiger partial charge on any atom is 0.131 e. The van der Waals surface area contributed by atoms with Crippen molar-refractivity contribution >= 4 is 0 Å². The summed E-state index contributed by atoms with van der Waals surface area (Å²) in [5, 5.41) is 13.2. The zero-order valence-corrected chi connectivity index (χ0v) is 8.92. The third kappa shape index (κ3) is 2.39. The summed E-state index contributed by atoms with van der Waals surface area (Å²) in [6, 6.07) is 3.32. The van der Waals surface area contributed by atoms with Crippen molar-refractivity contribution in [2.45, 2.75) is 18.9 Å². The van der Waals surface area contributed by atoms with Gasteiger partial charge in [-0.3, -0.25) is 0 Å². The van der Waals surface area contributed by atoms with Crippen LogP contribution in [0.25, 0.3) is 0 Å². The smallest absolute Gasteiger partial charge is 0.131 e. The summed E-state index contributed by atoms with van der Waals surface area (Å²) >= 11 is 0. The average molecular weight is 227 g/mol. The second-order valence-electron chi connectivity index (χ2n) is 4.22. The van der Waals surface area contributed by atoms with E-state index in [9.17, 15) is 13.9 Å². The molecule has 2 atom stereocenters. The van der Waals surface area contributed by atoms with Crippen LogP contribution in [-0.4, -0.2) is 18.2 Å². The molecule has 1 saturated heterocycles. The van der Waals surface area contributed by atoms with Gasteiger partial charge in [-0.2, -0.15) is 0 Å². The zero-order chi connectivity index (χ0) is 11.5. The number of nitrogens with one attached hydrogen (secondary N) is 1. The van der Waals surface area contributed by atoms with Crippen LogP contribution in [0.1, 0.15) is 24.5 Å². The summed E-state index contributed by atoms with van der Waals surface area (Å²) in [4.78, 5) is 0. The minimum absolute atomic E-state index is 0.00807. The molecule has 2 nitrogen and oxygen atoms in total. The Kier molecular flexibility index (Phi) is 3.51. The molecule has 1 aromatic carbocycles. The number of hydrogen-bond acceptors (Lipinski definition) is 2. The summed E-state index contributed by atoms with van der Waals surface area (Å²) in [5.74, 6) is -1.28. The maximum absolute atomic E-state index is 13.4. The highest BCUT2D eigenvalue weighted by atomic mass is 19.1. The monoisotopic (exact) mass is 227 g/mol. The Morgan fingerprint density at radius 3 is 2.81 bits per heavy atom. The highest BCUT2D eigenvalue weighted by molar-refractivity contribution is 5.21. The van der Waals surface area contributed by atoms with Crippen LogP contribution in [0.5, 0.6) is 0 Å². The van der Waals surface area contributed by atoms with Crippen LogP contribution in [0.2, 0.25) is 0 Å². The first kappa shape index (κ1) is 11.5. The van der Waals surface area contributed by atoms with Crippen LogP contribution in [0.4, 0.5) is 8.78 Å². The van der Waals surface area contributed by atoms with Gasteiger partial charge in [-0.15, -0.1) is 0 Å². The van der Waals surface area contributed by atoms with E-state index in [1.54, 1.807) is 0 Å². The molecule has 0 spiro atoms. The lowest BCUT2D eigenvalue weighted by molar-refractivity contribution is 0.0887. The summed E-state index contributed by atoms with van der Waals surface area (Å²) < 4.78 is 26.2. The summed E-state index contributed by atoms with van der Waals surface area (Å²) in [5.41, 5.74) is 0.190. The molecule has 0 radical (unpaired) electrons. The fourth-order valence-electron chi connectivity index (χ4n) is 2.14. The van der Waals surface area contributed by atoms with E-state index in [0.29, 0.717) is 6.54 Å². The molecule has 0 bridgehead atoms. The Morgan fingerprint density at radius 2 is 2.19 bits per heavy atom. The van der Waals surface area contributed by atoms with Gasteiger partial charge in [0, 0.05) is 24.1 Å². The first-order chi connectivity index (χ1) is 7.68. The van der Waals surface area contributed by atoms with Crippen molar-refractivity contribution in [2.24, 2.45) is 5.92 Å². The first-order valence-corrected chi connectivity index (χ1v) is 5.52. The van der Waals surface area contributed by atoms with Crippen molar-refractivity contribution < 1.29 is 13.9 Å². The lowest BCUT2D eigenvalue weighted by Crippen LogP contribution is -2.33. The maximum atomic E-state index is 13.4. The predicted molar refractivity (Wildman–Crippen MR) is 56.9 cm³/mol. The molecule has 1 aliphatic rings. The molecule has 2 unspecified atom stereocenters. The first-order valence-electron chi connectivity index (χ1n) is 5.52. The Morgan fingerprint density at radius 1 is 1.38 bits per heavy atom. The summed E-state index contributed by atoms with van der Waals surface area (Å²) in [6.45, 7) is 1.62. The molecular weight excluding hydrogens is 212 g/mol. The highest BCUT2D eigenvalue weighted by Crippen LogP contribution is 2.28. The van der Waals surface area contributed by atoms with E-state index >= 15 is 0 Å². The van der Waals surface area contributed by atoms with Crippen molar-refractivity contribution in [3.05, 3.63) is 35.4 Å². The fourth-order valence-corrected chi connectivity index (χ4v) is 2.14. The molecule has 88 valence electrons. The van der Waals surface area contributed by atoms with E-state index in [0.717, 1.165) is 25.5 Å². The molecule has 1 fully saturated rings. The van der Waals surface area contributed by atoms with Gasteiger partial charge in [-0.05, 0) is 25.5 Å². The molecule has 1 aliphatic heterocycles. The van der Waals surface area contributed by atoms with Crippen molar-refractivity contribution in [3.63, 3.8) is 0 Å². The number of rotatable bonds is 2. The number of piperidine rings is 1. The molecule has 0 amide bonds. The second-order valence-corrected chi connectivity index (χ2v) is 4.22. The van der Waals surface area contributed by atoms with Gasteiger partial charge in [0.15, 0.2) is 0 Å². The molecule has 0 aliphatic carbocycles. The van der Waals surface area contributed by atoms with E-state index in [1.165, 1.54) is 12.1 Å². The van der Waals surface area contributed by atoms with Gasteiger partial charge in [0.1, 0.15) is 11.6 Å². The van der Waals surface area contributed by atoms with Gasteiger partial charge in [-0.25, -0.2) is 8.78 Å². The minimum Gasteiger partial charge on any atom is -0.388 e. The molecule has 2 rings (SSSR count). The average Bonchev–Trinajstić information content (AvgIpc) is 2.29.